The van der Waals surface area contributed by atoms with Crippen molar-refractivity contribution in [2.75, 3.05) is 6.54 Å². The van der Waals surface area contributed by atoms with E-state index < -0.39 is 0 Å². The fourth-order valence-electron chi connectivity index (χ4n) is 3.47. The molecule has 0 bridgehead atoms. The Balaban J connectivity index is 2.19. The summed E-state index contributed by atoms with van der Waals surface area (Å²) in [6.45, 7) is 7.81. The first-order chi connectivity index (χ1) is 9.22. The molecule has 0 aromatic heterocycles. The van der Waals surface area contributed by atoms with Crippen LogP contribution in [-0.4, -0.2) is 6.54 Å². The number of benzene rings is 2. The van der Waals surface area contributed by atoms with Crippen molar-refractivity contribution >= 4 is 10.8 Å². The minimum Gasteiger partial charge on any atom is -0.310 e. The van der Waals surface area contributed by atoms with Crippen LogP contribution >= 0.6 is 0 Å². The number of nitrogens with one attached hydrogen (secondary N) is 1. The van der Waals surface area contributed by atoms with E-state index in [9.17, 15) is 0 Å². The number of hydrogen-bond acceptors (Lipinski definition) is 1. The molecule has 100 valence electrons. The lowest BCUT2D eigenvalue weighted by molar-refractivity contribution is 0.424. The molecule has 1 N–H and O–H groups in total. The molecule has 0 saturated heterocycles. The van der Waals surface area contributed by atoms with E-state index in [1.165, 1.54) is 40.3 Å². The van der Waals surface area contributed by atoms with Crippen molar-refractivity contribution in [3.8, 4) is 0 Å². The molecule has 3 rings (SSSR count). The monoisotopic (exact) mass is 253 g/mol. The summed E-state index contributed by atoms with van der Waals surface area (Å²) in [6, 6.07) is 12.0. The number of hydrogen-bond donors (Lipinski definition) is 1. The van der Waals surface area contributed by atoms with Gasteiger partial charge in [-0.3, -0.25) is 0 Å². The van der Waals surface area contributed by atoms with E-state index in [0.29, 0.717) is 12.0 Å². The summed E-state index contributed by atoms with van der Waals surface area (Å²) >= 11 is 0. The minimum atomic E-state index is 0.454. The molecule has 0 heterocycles. The van der Waals surface area contributed by atoms with Crippen molar-refractivity contribution in [2.24, 2.45) is 5.92 Å². The predicted octanol–water partition coefficient (Wildman–Crippen LogP) is 4.25. The van der Waals surface area contributed by atoms with Crippen molar-refractivity contribution in [1.82, 2.24) is 5.32 Å². The van der Waals surface area contributed by atoms with Gasteiger partial charge in [-0.25, -0.2) is 0 Å². The number of aryl methyl sites for hydroxylation is 2. The van der Waals surface area contributed by atoms with Crippen LogP contribution in [-0.2, 0) is 12.8 Å². The summed E-state index contributed by atoms with van der Waals surface area (Å²) in [6.07, 6.45) is 2.42. The van der Waals surface area contributed by atoms with Crippen LogP contribution in [0.4, 0.5) is 0 Å². The first-order valence-corrected chi connectivity index (χ1v) is 7.49. The Morgan fingerprint density at radius 2 is 1.79 bits per heavy atom. The van der Waals surface area contributed by atoms with E-state index in [1.807, 2.05) is 0 Å². The second-order valence-corrected chi connectivity index (χ2v) is 5.93. The SMILES string of the molecule is CCNC(c1ccc2c3c(cccc13)CC2)C(C)C. The van der Waals surface area contributed by atoms with Gasteiger partial charge in [0, 0.05) is 6.04 Å². The lowest BCUT2D eigenvalue weighted by atomic mass is 9.90. The summed E-state index contributed by atoms with van der Waals surface area (Å²) < 4.78 is 0. The molecule has 0 radical (unpaired) electrons. The summed E-state index contributed by atoms with van der Waals surface area (Å²) in [7, 11) is 0. The van der Waals surface area contributed by atoms with E-state index in [1.54, 1.807) is 0 Å². The molecule has 0 aliphatic heterocycles. The number of rotatable bonds is 4. The maximum absolute atomic E-state index is 3.65. The van der Waals surface area contributed by atoms with Crippen LogP contribution in [0.2, 0.25) is 0 Å². The zero-order chi connectivity index (χ0) is 13.4. The van der Waals surface area contributed by atoms with Gasteiger partial charge < -0.3 is 5.32 Å². The Hall–Kier alpha value is -1.34. The van der Waals surface area contributed by atoms with Gasteiger partial charge in [0.1, 0.15) is 0 Å². The van der Waals surface area contributed by atoms with Gasteiger partial charge in [0.25, 0.3) is 0 Å². The Morgan fingerprint density at radius 3 is 2.47 bits per heavy atom. The molecule has 0 amide bonds. The Bertz CT molecular complexity index is 588. The van der Waals surface area contributed by atoms with Gasteiger partial charge >= 0.3 is 0 Å². The van der Waals surface area contributed by atoms with Gasteiger partial charge in [-0.2, -0.15) is 0 Å². The highest BCUT2D eigenvalue weighted by Gasteiger charge is 2.21. The highest BCUT2D eigenvalue weighted by Crippen LogP contribution is 2.36. The summed E-state index contributed by atoms with van der Waals surface area (Å²) in [5.74, 6) is 0.610. The van der Waals surface area contributed by atoms with E-state index in [0.717, 1.165) is 6.54 Å². The summed E-state index contributed by atoms with van der Waals surface area (Å²) in [4.78, 5) is 0. The highest BCUT2D eigenvalue weighted by molar-refractivity contribution is 5.93. The van der Waals surface area contributed by atoms with Gasteiger partial charge in [0.05, 0.1) is 0 Å². The quantitative estimate of drug-likeness (QED) is 0.859. The molecule has 19 heavy (non-hydrogen) atoms. The van der Waals surface area contributed by atoms with Gasteiger partial charge in [0.2, 0.25) is 0 Å². The van der Waals surface area contributed by atoms with E-state index in [4.69, 9.17) is 0 Å². The molecule has 2 aromatic carbocycles. The fraction of sp³-hybridized carbons (Fsp3) is 0.444. The smallest absolute Gasteiger partial charge is 0.0349 e. The molecule has 0 fully saturated rings. The van der Waals surface area contributed by atoms with Crippen molar-refractivity contribution in [3.63, 3.8) is 0 Å². The fourth-order valence-corrected chi connectivity index (χ4v) is 3.47. The Kier molecular flexibility index (Phi) is 3.32. The van der Waals surface area contributed by atoms with Crippen LogP contribution in [0.15, 0.2) is 30.3 Å². The lowest BCUT2D eigenvalue weighted by Crippen LogP contribution is -2.25. The predicted molar refractivity (Wildman–Crippen MR) is 82.6 cm³/mol. The molecular formula is C18H23N. The van der Waals surface area contributed by atoms with E-state index in [-0.39, 0.29) is 0 Å². The second kappa shape index (κ2) is 4.97. The highest BCUT2D eigenvalue weighted by atomic mass is 14.9. The van der Waals surface area contributed by atoms with Crippen LogP contribution in [0.3, 0.4) is 0 Å². The molecule has 1 aliphatic carbocycles. The largest absolute Gasteiger partial charge is 0.310 e. The molecule has 1 aliphatic rings. The van der Waals surface area contributed by atoms with Crippen LogP contribution < -0.4 is 5.32 Å². The Labute approximate surface area is 116 Å². The summed E-state index contributed by atoms with van der Waals surface area (Å²) in [5, 5.41) is 6.65. The van der Waals surface area contributed by atoms with Crippen molar-refractivity contribution in [3.05, 3.63) is 47.0 Å². The lowest BCUT2D eigenvalue weighted by Gasteiger charge is -2.24. The molecule has 2 aromatic rings. The Morgan fingerprint density at radius 1 is 1.05 bits per heavy atom. The first-order valence-electron chi connectivity index (χ1n) is 7.49. The molecule has 1 heteroatoms. The van der Waals surface area contributed by atoms with Gasteiger partial charge in [-0.15, -0.1) is 0 Å². The third-order valence-corrected chi connectivity index (χ3v) is 4.34. The topological polar surface area (TPSA) is 12.0 Å². The minimum absolute atomic E-state index is 0.454. The molecular weight excluding hydrogens is 230 g/mol. The average Bonchev–Trinajstić information content (AvgIpc) is 2.82. The maximum Gasteiger partial charge on any atom is 0.0349 e. The standard InChI is InChI=1S/C18H23N/c1-4-19-18(12(2)3)16-11-10-14-9-8-13-6-5-7-15(16)17(13)14/h5-7,10-12,18-19H,4,8-9H2,1-3H3. The van der Waals surface area contributed by atoms with Crippen LogP contribution in [0, 0.1) is 5.92 Å². The first kappa shape index (κ1) is 12.7. The van der Waals surface area contributed by atoms with Crippen LogP contribution in [0.1, 0.15) is 43.5 Å². The second-order valence-electron chi connectivity index (χ2n) is 5.93. The van der Waals surface area contributed by atoms with Crippen LogP contribution in [0.25, 0.3) is 10.8 Å². The molecule has 1 nitrogen and oxygen atoms in total. The zero-order valence-electron chi connectivity index (χ0n) is 12.2. The van der Waals surface area contributed by atoms with Crippen molar-refractivity contribution in [1.29, 1.82) is 0 Å². The molecule has 1 atom stereocenters. The molecule has 0 spiro atoms. The van der Waals surface area contributed by atoms with Crippen molar-refractivity contribution < 1.29 is 0 Å². The normalized spacial score (nSPS) is 15.4. The van der Waals surface area contributed by atoms with Gasteiger partial charge in [-0.05, 0) is 52.8 Å². The maximum atomic E-state index is 3.65. The third kappa shape index (κ3) is 2.06. The summed E-state index contributed by atoms with van der Waals surface area (Å²) in [5.41, 5.74) is 4.54. The third-order valence-electron chi connectivity index (χ3n) is 4.34. The zero-order valence-corrected chi connectivity index (χ0v) is 12.2. The average molecular weight is 253 g/mol. The van der Waals surface area contributed by atoms with Gasteiger partial charge in [0.15, 0.2) is 0 Å². The van der Waals surface area contributed by atoms with Crippen molar-refractivity contribution in [2.45, 2.75) is 39.7 Å². The van der Waals surface area contributed by atoms with Gasteiger partial charge in [-0.1, -0.05) is 51.1 Å². The molecule has 0 saturated carbocycles. The van der Waals surface area contributed by atoms with Crippen LogP contribution in [0.5, 0.6) is 0 Å². The van der Waals surface area contributed by atoms with E-state index >= 15 is 0 Å². The van der Waals surface area contributed by atoms with E-state index in [2.05, 4.69) is 56.4 Å². The molecule has 1 unspecified atom stereocenters.